The maximum atomic E-state index is 11.9. The molecule has 2 rings (SSSR count). The second-order valence-electron chi connectivity index (χ2n) is 4.59. The molecule has 0 saturated heterocycles. The summed E-state index contributed by atoms with van der Waals surface area (Å²) < 4.78 is 7.92. The SMILES string of the molecule is CC(=NNC(=O)COc1c(Br)cc(Br)cc1Br)c1ccccc1. The smallest absolute Gasteiger partial charge is 0.277 e. The van der Waals surface area contributed by atoms with Gasteiger partial charge in [0.25, 0.3) is 5.91 Å². The van der Waals surface area contributed by atoms with Crippen LogP contribution in [0, 0.1) is 0 Å². The van der Waals surface area contributed by atoms with Crippen molar-refractivity contribution in [3.8, 4) is 5.75 Å². The van der Waals surface area contributed by atoms with E-state index < -0.39 is 0 Å². The molecule has 0 aliphatic heterocycles. The quantitative estimate of drug-likeness (QED) is 0.465. The first-order chi connectivity index (χ1) is 11.0. The Morgan fingerprint density at radius 2 is 1.74 bits per heavy atom. The van der Waals surface area contributed by atoms with Gasteiger partial charge in [-0.15, -0.1) is 0 Å². The molecule has 0 aromatic heterocycles. The summed E-state index contributed by atoms with van der Waals surface area (Å²) in [5.41, 5.74) is 4.16. The van der Waals surface area contributed by atoms with E-state index in [9.17, 15) is 4.79 Å². The molecule has 0 radical (unpaired) electrons. The number of benzene rings is 2. The zero-order valence-corrected chi connectivity index (χ0v) is 16.9. The molecule has 0 spiro atoms. The number of carbonyl (C=O) groups is 1. The van der Waals surface area contributed by atoms with Crippen LogP contribution in [0.3, 0.4) is 0 Å². The number of hydrazone groups is 1. The number of carbonyl (C=O) groups excluding carboxylic acids is 1. The summed E-state index contributed by atoms with van der Waals surface area (Å²) in [6.45, 7) is 1.70. The van der Waals surface area contributed by atoms with Gasteiger partial charge in [0.1, 0.15) is 5.75 Å². The Labute approximate surface area is 159 Å². The molecule has 0 unspecified atom stereocenters. The number of ether oxygens (including phenoxy) is 1. The van der Waals surface area contributed by atoms with E-state index >= 15 is 0 Å². The highest BCUT2D eigenvalue weighted by atomic mass is 79.9. The van der Waals surface area contributed by atoms with Gasteiger partial charge in [-0.05, 0) is 56.5 Å². The first-order valence-corrected chi connectivity index (χ1v) is 9.01. The first kappa shape index (κ1) is 18.2. The number of halogens is 3. The highest BCUT2D eigenvalue weighted by Crippen LogP contribution is 2.36. The van der Waals surface area contributed by atoms with Crippen molar-refractivity contribution in [3.05, 3.63) is 61.4 Å². The van der Waals surface area contributed by atoms with Gasteiger partial charge in [-0.25, -0.2) is 5.43 Å². The minimum Gasteiger partial charge on any atom is -0.481 e. The van der Waals surface area contributed by atoms with Gasteiger partial charge in [-0.1, -0.05) is 46.3 Å². The minimum atomic E-state index is -0.331. The van der Waals surface area contributed by atoms with E-state index in [1.165, 1.54) is 0 Å². The van der Waals surface area contributed by atoms with Crippen molar-refractivity contribution in [1.82, 2.24) is 5.43 Å². The normalized spacial score (nSPS) is 11.2. The Morgan fingerprint density at radius 1 is 1.13 bits per heavy atom. The van der Waals surface area contributed by atoms with Crippen molar-refractivity contribution >= 4 is 59.4 Å². The summed E-state index contributed by atoms with van der Waals surface area (Å²) >= 11 is 10.2. The molecule has 0 fully saturated rings. The Hall–Kier alpha value is -1.18. The van der Waals surface area contributed by atoms with Gasteiger partial charge in [-0.2, -0.15) is 5.10 Å². The van der Waals surface area contributed by atoms with E-state index in [-0.39, 0.29) is 12.5 Å². The lowest BCUT2D eigenvalue weighted by molar-refractivity contribution is -0.123. The molecule has 0 bridgehead atoms. The zero-order valence-electron chi connectivity index (χ0n) is 12.1. The predicted molar refractivity (Wildman–Crippen MR) is 102 cm³/mol. The monoisotopic (exact) mass is 502 g/mol. The van der Waals surface area contributed by atoms with Crippen LogP contribution in [0.4, 0.5) is 0 Å². The number of nitrogens with zero attached hydrogens (tertiary/aromatic N) is 1. The fourth-order valence-electron chi connectivity index (χ4n) is 1.73. The van der Waals surface area contributed by atoms with E-state index in [0.29, 0.717) is 5.75 Å². The summed E-state index contributed by atoms with van der Waals surface area (Å²) in [6.07, 6.45) is 0. The standard InChI is InChI=1S/C16H13Br3N2O2/c1-10(11-5-3-2-4-6-11)20-21-15(22)9-23-16-13(18)7-12(17)8-14(16)19/h2-8H,9H2,1H3,(H,21,22). The van der Waals surface area contributed by atoms with Crippen molar-refractivity contribution < 1.29 is 9.53 Å². The molecule has 0 heterocycles. The first-order valence-electron chi connectivity index (χ1n) is 6.63. The number of hydrogen-bond acceptors (Lipinski definition) is 3. The summed E-state index contributed by atoms with van der Waals surface area (Å²) in [7, 11) is 0. The molecule has 120 valence electrons. The van der Waals surface area contributed by atoms with Crippen LogP contribution in [0.2, 0.25) is 0 Å². The maximum absolute atomic E-state index is 11.9. The number of nitrogens with one attached hydrogen (secondary N) is 1. The Morgan fingerprint density at radius 3 is 2.35 bits per heavy atom. The fourth-order valence-corrected chi connectivity index (χ4v) is 4.21. The van der Waals surface area contributed by atoms with Gasteiger partial charge in [0.05, 0.1) is 14.7 Å². The molecule has 1 amide bonds. The molecule has 7 heteroatoms. The molecule has 0 saturated carbocycles. The Balaban J connectivity index is 1.94. The van der Waals surface area contributed by atoms with Crippen LogP contribution in [-0.2, 0) is 4.79 Å². The van der Waals surface area contributed by atoms with E-state index in [1.54, 1.807) is 0 Å². The molecule has 2 aromatic rings. The van der Waals surface area contributed by atoms with Crippen LogP contribution in [0.5, 0.6) is 5.75 Å². The second-order valence-corrected chi connectivity index (χ2v) is 7.21. The molecule has 0 atom stereocenters. The topological polar surface area (TPSA) is 50.7 Å². The predicted octanol–water partition coefficient (Wildman–Crippen LogP) is 4.89. The van der Waals surface area contributed by atoms with Crippen LogP contribution >= 0.6 is 47.8 Å². The molecule has 0 aliphatic carbocycles. The number of rotatable bonds is 5. The van der Waals surface area contributed by atoms with Crippen LogP contribution < -0.4 is 10.2 Å². The van der Waals surface area contributed by atoms with Gasteiger partial charge >= 0.3 is 0 Å². The van der Waals surface area contributed by atoms with E-state index in [4.69, 9.17) is 4.74 Å². The third kappa shape index (κ3) is 5.44. The maximum Gasteiger partial charge on any atom is 0.277 e. The zero-order chi connectivity index (χ0) is 16.8. The van der Waals surface area contributed by atoms with Gasteiger partial charge in [-0.3, -0.25) is 4.79 Å². The molecule has 1 N–H and O–H groups in total. The van der Waals surface area contributed by atoms with E-state index in [0.717, 1.165) is 24.7 Å². The minimum absolute atomic E-state index is 0.135. The third-order valence-electron chi connectivity index (χ3n) is 2.85. The van der Waals surface area contributed by atoms with Crippen molar-refractivity contribution in [2.45, 2.75) is 6.92 Å². The van der Waals surface area contributed by atoms with Gasteiger partial charge < -0.3 is 4.74 Å². The van der Waals surface area contributed by atoms with Crippen molar-refractivity contribution in [2.75, 3.05) is 6.61 Å². The molecule has 2 aromatic carbocycles. The fraction of sp³-hybridized carbons (Fsp3) is 0.125. The molecule has 0 aliphatic rings. The van der Waals surface area contributed by atoms with Gasteiger partial charge in [0, 0.05) is 4.47 Å². The van der Waals surface area contributed by atoms with Crippen LogP contribution in [-0.4, -0.2) is 18.2 Å². The van der Waals surface area contributed by atoms with Crippen molar-refractivity contribution in [1.29, 1.82) is 0 Å². The number of hydrogen-bond donors (Lipinski definition) is 1. The van der Waals surface area contributed by atoms with E-state index in [1.807, 2.05) is 49.4 Å². The van der Waals surface area contributed by atoms with Gasteiger partial charge in [0.15, 0.2) is 6.61 Å². The summed E-state index contributed by atoms with van der Waals surface area (Å²) in [4.78, 5) is 11.9. The highest BCUT2D eigenvalue weighted by Gasteiger charge is 2.10. The van der Waals surface area contributed by atoms with E-state index in [2.05, 4.69) is 58.3 Å². The number of amides is 1. The lowest BCUT2D eigenvalue weighted by atomic mass is 10.1. The average molecular weight is 505 g/mol. The summed E-state index contributed by atoms with van der Waals surface area (Å²) in [6, 6.07) is 13.3. The molecular formula is C16H13Br3N2O2. The molecule has 4 nitrogen and oxygen atoms in total. The van der Waals surface area contributed by atoms with Crippen LogP contribution in [0.15, 0.2) is 61.0 Å². The average Bonchev–Trinajstić information content (AvgIpc) is 2.52. The molecular weight excluding hydrogens is 492 g/mol. The Kier molecular flexibility index (Phi) is 6.80. The molecule has 23 heavy (non-hydrogen) atoms. The van der Waals surface area contributed by atoms with Crippen molar-refractivity contribution in [2.24, 2.45) is 5.10 Å². The lowest BCUT2D eigenvalue weighted by Gasteiger charge is -2.10. The van der Waals surface area contributed by atoms with Crippen LogP contribution in [0.25, 0.3) is 0 Å². The van der Waals surface area contributed by atoms with Crippen LogP contribution in [0.1, 0.15) is 12.5 Å². The largest absolute Gasteiger partial charge is 0.481 e. The summed E-state index contributed by atoms with van der Waals surface area (Å²) in [5, 5.41) is 4.07. The third-order valence-corrected chi connectivity index (χ3v) is 4.49. The Bertz CT molecular complexity index is 710. The second kappa shape index (κ2) is 8.61. The summed E-state index contributed by atoms with van der Waals surface area (Å²) in [5.74, 6) is 0.231. The highest BCUT2D eigenvalue weighted by molar-refractivity contribution is 9.11. The van der Waals surface area contributed by atoms with Gasteiger partial charge in [0.2, 0.25) is 0 Å². The lowest BCUT2D eigenvalue weighted by Crippen LogP contribution is -2.25. The van der Waals surface area contributed by atoms with Crippen molar-refractivity contribution in [3.63, 3.8) is 0 Å².